The van der Waals surface area contributed by atoms with Crippen LogP contribution in [0.3, 0.4) is 0 Å². The van der Waals surface area contributed by atoms with Crippen molar-refractivity contribution in [3.05, 3.63) is 0 Å². The molecule has 1 N–H and O–H groups in total. The number of nitrogens with one attached hydrogen (secondary N) is 1. The zero-order valence-corrected chi connectivity index (χ0v) is 17.1. The number of rotatable bonds is 6. The first-order valence-electron chi connectivity index (χ1n) is 9.95. The average Bonchev–Trinajstić information content (AvgIpc) is 3.17. The second-order valence-corrected chi connectivity index (χ2v) is 7.56. The number of carbonyl (C=O) groups is 1. The van der Waals surface area contributed by atoms with Gasteiger partial charge in [-0.3, -0.25) is 19.6 Å². The van der Waals surface area contributed by atoms with Gasteiger partial charge in [-0.25, -0.2) is 0 Å². The van der Waals surface area contributed by atoms with Crippen molar-refractivity contribution in [1.29, 1.82) is 0 Å². The molecule has 2 aliphatic rings. The number of nitrogens with zero attached hydrogens (tertiary/aromatic N) is 5. The van der Waals surface area contributed by atoms with Crippen molar-refractivity contribution in [2.45, 2.75) is 32.0 Å². The minimum Gasteiger partial charge on any atom is -0.355 e. The highest BCUT2D eigenvalue weighted by Crippen LogP contribution is 2.15. The lowest BCUT2D eigenvalue weighted by atomic mass is 10.2. The molecule has 0 radical (unpaired) electrons. The molecule has 0 bridgehead atoms. The summed E-state index contributed by atoms with van der Waals surface area (Å²) in [6.07, 6.45) is -2.01. The molecule has 2 fully saturated rings. The summed E-state index contributed by atoms with van der Waals surface area (Å²) in [7, 11) is 3.13. The summed E-state index contributed by atoms with van der Waals surface area (Å²) in [5.74, 6) is 0.903. The fourth-order valence-electron chi connectivity index (χ4n) is 3.75. The highest BCUT2D eigenvalue weighted by Gasteiger charge is 2.31. The van der Waals surface area contributed by atoms with Crippen LogP contribution in [-0.2, 0) is 4.79 Å². The Bertz CT molecular complexity index is 528. The first kappa shape index (κ1) is 22.7. The van der Waals surface area contributed by atoms with E-state index >= 15 is 0 Å². The minimum atomic E-state index is -4.18. The quantitative estimate of drug-likeness (QED) is 0.520. The predicted molar refractivity (Wildman–Crippen MR) is 103 cm³/mol. The number of alkyl halides is 3. The van der Waals surface area contributed by atoms with Crippen LogP contribution in [0, 0.1) is 0 Å². The van der Waals surface area contributed by atoms with E-state index in [0.29, 0.717) is 12.5 Å². The van der Waals surface area contributed by atoms with Crippen LogP contribution in [-0.4, -0.2) is 117 Å². The van der Waals surface area contributed by atoms with E-state index in [9.17, 15) is 18.0 Å². The molecule has 0 aliphatic carbocycles. The van der Waals surface area contributed by atoms with Crippen molar-refractivity contribution in [3.63, 3.8) is 0 Å². The molecule has 0 saturated carbocycles. The van der Waals surface area contributed by atoms with E-state index < -0.39 is 12.7 Å². The summed E-state index contributed by atoms with van der Waals surface area (Å²) in [6, 6.07) is -0.119. The van der Waals surface area contributed by atoms with Gasteiger partial charge in [-0.1, -0.05) is 0 Å². The molecule has 2 aliphatic heterocycles. The van der Waals surface area contributed by atoms with Crippen molar-refractivity contribution in [1.82, 2.24) is 24.9 Å². The lowest BCUT2D eigenvalue weighted by molar-refractivity contribution is -0.142. The molecule has 10 heteroatoms. The molecule has 1 unspecified atom stereocenters. The van der Waals surface area contributed by atoms with Crippen molar-refractivity contribution in [3.8, 4) is 0 Å². The van der Waals surface area contributed by atoms with Gasteiger partial charge in [-0.2, -0.15) is 13.2 Å². The fraction of sp³-hybridized carbons (Fsp3) is 0.889. The Hall–Kier alpha value is -1.55. The van der Waals surface area contributed by atoms with Gasteiger partial charge in [-0.05, 0) is 26.8 Å². The van der Waals surface area contributed by atoms with Crippen LogP contribution < -0.4 is 5.32 Å². The van der Waals surface area contributed by atoms with Crippen molar-refractivity contribution in [2.24, 2.45) is 4.99 Å². The molecule has 0 aromatic carbocycles. The molecule has 0 spiro atoms. The Morgan fingerprint density at radius 2 is 1.71 bits per heavy atom. The van der Waals surface area contributed by atoms with E-state index in [2.05, 4.69) is 20.1 Å². The van der Waals surface area contributed by atoms with Crippen molar-refractivity contribution < 1.29 is 18.0 Å². The molecule has 1 atom stereocenters. The number of halogens is 3. The summed E-state index contributed by atoms with van der Waals surface area (Å²) >= 11 is 0. The number of aliphatic imine (C=N–C) groups is 1. The first-order chi connectivity index (χ1) is 13.2. The third kappa shape index (κ3) is 6.80. The van der Waals surface area contributed by atoms with Crippen molar-refractivity contribution >= 4 is 11.9 Å². The molecule has 1 amide bonds. The van der Waals surface area contributed by atoms with Crippen LogP contribution in [0.25, 0.3) is 0 Å². The summed E-state index contributed by atoms with van der Waals surface area (Å²) in [6.45, 7) is 6.43. The molecular weight excluding hydrogens is 373 g/mol. The number of guanidine groups is 1. The summed E-state index contributed by atoms with van der Waals surface area (Å²) in [4.78, 5) is 24.3. The monoisotopic (exact) mass is 406 g/mol. The Balaban J connectivity index is 1.73. The third-order valence-corrected chi connectivity index (χ3v) is 5.37. The zero-order valence-electron chi connectivity index (χ0n) is 17.1. The molecule has 2 heterocycles. The van der Waals surface area contributed by atoms with Crippen LogP contribution >= 0.6 is 0 Å². The second-order valence-electron chi connectivity index (χ2n) is 7.56. The number of amides is 1. The Morgan fingerprint density at radius 3 is 2.25 bits per heavy atom. The first-order valence-corrected chi connectivity index (χ1v) is 9.95. The van der Waals surface area contributed by atoms with Crippen LogP contribution in [0.4, 0.5) is 13.2 Å². The van der Waals surface area contributed by atoms with Gasteiger partial charge in [0.2, 0.25) is 5.91 Å². The third-order valence-electron chi connectivity index (χ3n) is 5.37. The maximum Gasteiger partial charge on any atom is 0.401 e. The van der Waals surface area contributed by atoms with Gasteiger partial charge in [-0.15, -0.1) is 0 Å². The van der Waals surface area contributed by atoms with Gasteiger partial charge in [0.05, 0.1) is 12.6 Å². The van der Waals surface area contributed by atoms with Gasteiger partial charge in [0, 0.05) is 59.4 Å². The maximum absolute atomic E-state index is 12.6. The standard InChI is InChI=1S/C18H33F3N6O/c1-15(16(28)26-7-4-5-8-26)25-10-12-27(13-11-25)17(22-2)23-6-9-24(3)14-18(19,20)21/h15H,4-14H2,1-3H3,(H,22,23). The van der Waals surface area contributed by atoms with Crippen LogP contribution in [0.1, 0.15) is 19.8 Å². The molecular formula is C18H33F3N6O. The maximum atomic E-state index is 12.6. The highest BCUT2D eigenvalue weighted by atomic mass is 19.4. The van der Waals surface area contributed by atoms with Gasteiger partial charge >= 0.3 is 6.18 Å². The lowest BCUT2D eigenvalue weighted by Gasteiger charge is -2.39. The van der Waals surface area contributed by atoms with E-state index in [0.717, 1.165) is 52.1 Å². The van der Waals surface area contributed by atoms with Gasteiger partial charge in [0.25, 0.3) is 0 Å². The molecule has 2 saturated heterocycles. The van der Waals surface area contributed by atoms with E-state index in [-0.39, 0.29) is 18.5 Å². The minimum absolute atomic E-state index is 0.119. The number of hydrogen-bond donors (Lipinski definition) is 1. The second kappa shape index (κ2) is 10.3. The molecule has 0 aromatic heterocycles. The molecule has 162 valence electrons. The highest BCUT2D eigenvalue weighted by molar-refractivity contribution is 5.82. The van der Waals surface area contributed by atoms with E-state index in [1.165, 1.54) is 11.9 Å². The Kier molecular flexibility index (Phi) is 8.36. The molecule has 7 nitrogen and oxygen atoms in total. The van der Waals surface area contributed by atoms with Gasteiger partial charge in [0.15, 0.2) is 5.96 Å². The van der Waals surface area contributed by atoms with Crippen LogP contribution in [0.15, 0.2) is 4.99 Å². The summed E-state index contributed by atoms with van der Waals surface area (Å²) < 4.78 is 37.1. The number of carbonyl (C=O) groups excluding carboxylic acids is 1. The van der Waals surface area contributed by atoms with Crippen LogP contribution in [0.5, 0.6) is 0 Å². The normalized spacial score (nSPS) is 20.8. The summed E-state index contributed by atoms with van der Waals surface area (Å²) in [5.41, 5.74) is 0. The van der Waals surface area contributed by atoms with Crippen molar-refractivity contribution in [2.75, 3.05) is 73.0 Å². The van der Waals surface area contributed by atoms with E-state index in [1.54, 1.807) is 7.05 Å². The number of likely N-dealkylation sites (tertiary alicyclic amines) is 1. The number of hydrogen-bond acceptors (Lipinski definition) is 4. The summed E-state index contributed by atoms with van der Waals surface area (Å²) in [5, 5.41) is 3.14. The number of piperazine rings is 1. The fourth-order valence-corrected chi connectivity index (χ4v) is 3.75. The Labute approximate surface area is 165 Å². The lowest BCUT2D eigenvalue weighted by Crippen LogP contribution is -2.57. The van der Waals surface area contributed by atoms with Gasteiger partial charge in [0.1, 0.15) is 0 Å². The Morgan fingerprint density at radius 1 is 1.11 bits per heavy atom. The van der Waals surface area contributed by atoms with E-state index in [4.69, 9.17) is 0 Å². The SMILES string of the molecule is CN=C(NCCN(C)CC(F)(F)F)N1CCN(C(C)C(=O)N2CCCC2)CC1. The molecule has 0 aromatic rings. The smallest absolute Gasteiger partial charge is 0.355 e. The largest absolute Gasteiger partial charge is 0.401 e. The topological polar surface area (TPSA) is 54.4 Å². The van der Waals surface area contributed by atoms with Gasteiger partial charge < -0.3 is 15.1 Å². The predicted octanol–water partition coefficient (Wildman–Crippen LogP) is 0.684. The van der Waals surface area contributed by atoms with E-state index in [1.807, 2.05) is 11.8 Å². The molecule has 2 rings (SSSR count). The number of likely N-dealkylation sites (N-methyl/N-ethyl adjacent to an activating group) is 1. The average molecular weight is 406 g/mol. The van der Waals surface area contributed by atoms with Crippen LogP contribution in [0.2, 0.25) is 0 Å². The molecule has 28 heavy (non-hydrogen) atoms. The zero-order chi connectivity index (χ0) is 20.7.